The number of rotatable bonds is 6. The van der Waals surface area contributed by atoms with Crippen LogP contribution in [0.15, 0.2) is 79.3 Å². The van der Waals surface area contributed by atoms with Gasteiger partial charge in [0.2, 0.25) is 11.8 Å². The highest BCUT2D eigenvalue weighted by atomic mass is 32.1. The molecule has 0 aliphatic rings. The number of hydrogen-bond donors (Lipinski definition) is 3. The molecule has 202 valence electrons. The highest BCUT2D eigenvalue weighted by molar-refractivity contribution is 7.80. The van der Waals surface area contributed by atoms with Gasteiger partial charge in [-0.25, -0.2) is 19.3 Å². The van der Waals surface area contributed by atoms with E-state index >= 15 is 0 Å². The first-order valence-corrected chi connectivity index (χ1v) is 12.1. The fourth-order valence-corrected chi connectivity index (χ4v) is 4.06. The molecule has 3 N–H and O–H groups in total. The van der Waals surface area contributed by atoms with E-state index < -0.39 is 23.2 Å². The molecule has 13 heteroatoms. The van der Waals surface area contributed by atoms with E-state index in [1.54, 1.807) is 43.6 Å². The Morgan fingerprint density at radius 1 is 0.875 bits per heavy atom. The van der Waals surface area contributed by atoms with Crippen molar-refractivity contribution in [2.24, 2.45) is 0 Å². The quantitative estimate of drug-likeness (QED) is 0.150. The smallest absolute Gasteiger partial charge is 0.416 e. The molecule has 0 spiro atoms. The molecule has 8 nitrogen and oxygen atoms in total. The van der Waals surface area contributed by atoms with Gasteiger partial charge in [0.05, 0.1) is 16.8 Å². The lowest BCUT2D eigenvalue weighted by Gasteiger charge is -2.16. The summed E-state index contributed by atoms with van der Waals surface area (Å²) in [5.41, 5.74) is -0.343. The number of nitrogens with zero attached hydrogens (tertiary/aromatic N) is 4. The number of hydrogen-bond acceptors (Lipinski definition) is 7. The molecular weight excluding hydrogens is 546 g/mol. The predicted molar refractivity (Wildman–Crippen MR) is 148 cm³/mol. The largest absolute Gasteiger partial charge is 0.438 e. The monoisotopic (exact) mass is 565 g/mol. The number of benzene rings is 3. The molecule has 0 saturated carbocycles. The van der Waals surface area contributed by atoms with Crippen molar-refractivity contribution in [3.63, 3.8) is 0 Å². The van der Waals surface area contributed by atoms with Crippen molar-refractivity contribution in [2.45, 2.75) is 6.18 Å². The topological polar surface area (TPSA) is 96.9 Å². The van der Waals surface area contributed by atoms with Crippen molar-refractivity contribution in [1.29, 1.82) is 0 Å². The molecule has 0 saturated heterocycles. The van der Waals surface area contributed by atoms with Gasteiger partial charge in [-0.2, -0.15) is 18.2 Å². The summed E-state index contributed by atoms with van der Waals surface area (Å²) in [7, 11) is 1.69. The summed E-state index contributed by atoms with van der Waals surface area (Å²) in [6.07, 6.45) is -1.67. The standard InChI is InChI=1S/C27H19F4N7OS/c1-32-25-35-14-34-23(38-25)18-7-4-12-33-24(18)39-22-11-10-20(16-5-2-3-6-17(16)22)36-26(40)37-21-13-15(27(29,30)31)8-9-19(21)28/h2-14H,1H3,(H2,36,37,40)(H,32,34,35,38). The lowest BCUT2D eigenvalue weighted by molar-refractivity contribution is -0.137. The Bertz CT molecular complexity index is 1710. The number of fused-ring (bicyclic) bond motifs is 1. The van der Waals surface area contributed by atoms with E-state index in [2.05, 4.69) is 35.9 Å². The third-order valence-electron chi connectivity index (χ3n) is 5.69. The Labute approximate surface area is 230 Å². The van der Waals surface area contributed by atoms with Crippen molar-refractivity contribution in [3.05, 3.63) is 90.6 Å². The molecule has 0 atom stereocenters. The summed E-state index contributed by atoms with van der Waals surface area (Å²) in [6, 6.07) is 16.2. The molecule has 40 heavy (non-hydrogen) atoms. The van der Waals surface area contributed by atoms with E-state index in [4.69, 9.17) is 17.0 Å². The summed E-state index contributed by atoms with van der Waals surface area (Å²) < 4.78 is 59.7. The van der Waals surface area contributed by atoms with Gasteiger partial charge in [0.25, 0.3) is 0 Å². The van der Waals surface area contributed by atoms with Crippen molar-refractivity contribution in [3.8, 4) is 23.0 Å². The minimum Gasteiger partial charge on any atom is -0.438 e. The lowest BCUT2D eigenvalue weighted by Crippen LogP contribution is -2.20. The predicted octanol–water partition coefficient (Wildman–Crippen LogP) is 6.89. The van der Waals surface area contributed by atoms with Gasteiger partial charge in [-0.3, -0.25) is 0 Å². The summed E-state index contributed by atoms with van der Waals surface area (Å²) in [5.74, 6) is 0.598. The molecule has 3 aromatic carbocycles. The number of ether oxygens (including phenoxy) is 1. The summed E-state index contributed by atoms with van der Waals surface area (Å²) >= 11 is 5.27. The zero-order valence-corrected chi connectivity index (χ0v) is 21.4. The molecule has 0 bridgehead atoms. The molecule has 5 aromatic rings. The van der Waals surface area contributed by atoms with Crippen LogP contribution in [0.1, 0.15) is 5.56 Å². The van der Waals surface area contributed by atoms with Crippen molar-refractivity contribution in [1.82, 2.24) is 19.9 Å². The van der Waals surface area contributed by atoms with Crippen molar-refractivity contribution in [2.75, 3.05) is 23.0 Å². The first-order valence-electron chi connectivity index (χ1n) is 11.7. The van der Waals surface area contributed by atoms with Crippen LogP contribution >= 0.6 is 12.2 Å². The maximum atomic E-state index is 14.2. The van der Waals surface area contributed by atoms with Crippen LogP contribution in [0.5, 0.6) is 11.6 Å². The van der Waals surface area contributed by atoms with E-state index in [1.807, 2.05) is 18.2 Å². The number of aromatic nitrogens is 4. The molecule has 0 aliphatic heterocycles. The Morgan fingerprint density at radius 2 is 1.65 bits per heavy atom. The molecule has 5 rings (SSSR count). The molecule has 0 unspecified atom stereocenters. The van der Waals surface area contributed by atoms with E-state index in [9.17, 15) is 17.6 Å². The minimum absolute atomic E-state index is 0.0979. The SMILES string of the molecule is CNc1ncnc(-c2cccnc2Oc2ccc(NC(=S)Nc3cc(C(F)(F)F)ccc3F)c3ccccc23)n1. The average Bonchev–Trinajstić information content (AvgIpc) is 2.95. The second kappa shape index (κ2) is 11.1. The van der Waals surface area contributed by atoms with Gasteiger partial charge in [-0.15, -0.1) is 0 Å². The highest BCUT2D eigenvalue weighted by Crippen LogP contribution is 2.37. The maximum absolute atomic E-state index is 14.2. The maximum Gasteiger partial charge on any atom is 0.416 e. The van der Waals surface area contributed by atoms with Crippen molar-refractivity contribution < 1.29 is 22.3 Å². The first kappa shape index (κ1) is 26.7. The Kier molecular flexibility index (Phi) is 7.38. The summed E-state index contributed by atoms with van der Waals surface area (Å²) in [5, 5.41) is 9.57. The number of nitrogens with one attached hydrogen (secondary N) is 3. The van der Waals surface area contributed by atoms with Gasteiger partial charge < -0.3 is 20.7 Å². The van der Waals surface area contributed by atoms with E-state index in [0.717, 1.165) is 6.07 Å². The second-order valence-corrected chi connectivity index (χ2v) is 8.68. The van der Waals surface area contributed by atoms with Crippen LogP contribution in [0.4, 0.5) is 34.9 Å². The van der Waals surface area contributed by atoms with Gasteiger partial charge in [-0.1, -0.05) is 24.3 Å². The zero-order chi connectivity index (χ0) is 28.3. The van der Waals surface area contributed by atoms with Crippen LogP contribution in [0.25, 0.3) is 22.2 Å². The van der Waals surface area contributed by atoms with Crippen LogP contribution in [-0.2, 0) is 6.18 Å². The molecular formula is C27H19F4N7OS. The van der Waals surface area contributed by atoms with Crippen LogP contribution in [0.2, 0.25) is 0 Å². The summed E-state index contributed by atoms with van der Waals surface area (Å²) in [6.45, 7) is 0. The Morgan fingerprint density at radius 3 is 2.42 bits per heavy atom. The van der Waals surface area contributed by atoms with Gasteiger partial charge in [0, 0.05) is 29.7 Å². The number of halogens is 4. The fourth-order valence-electron chi connectivity index (χ4n) is 3.84. The van der Waals surface area contributed by atoms with Gasteiger partial charge in [0.15, 0.2) is 10.9 Å². The molecule has 2 heterocycles. The van der Waals surface area contributed by atoms with E-state index in [-0.39, 0.29) is 11.0 Å². The van der Waals surface area contributed by atoms with Crippen LogP contribution in [0, 0.1) is 5.82 Å². The Hall–Kier alpha value is -4.91. The second-order valence-electron chi connectivity index (χ2n) is 8.27. The van der Waals surface area contributed by atoms with Crippen LogP contribution in [0.3, 0.4) is 0 Å². The molecule has 0 radical (unpaired) electrons. The van der Waals surface area contributed by atoms with Crippen molar-refractivity contribution >= 4 is 45.4 Å². The Balaban J connectivity index is 1.43. The molecule has 2 aromatic heterocycles. The third-order valence-corrected chi connectivity index (χ3v) is 5.89. The number of alkyl halides is 3. The number of thiocarbonyl (C=S) groups is 1. The van der Waals surface area contributed by atoms with E-state index in [0.29, 0.717) is 51.7 Å². The molecule has 0 fully saturated rings. The fraction of sp³-hybridized carbons (Fsp3) is 0.0741. The zero-order valence-electron chi connectivity index (χ0n) is 20.6. The van der Waals surface area contributed by atoms with Gasteiger partial charge in [0.1, 0.15) is 17.9 Å². The summed E-state index contributed by atoms with van der Waals surface area (Å²) in [4.78, 5) is 17.0. The molecule has 0 amide bonds. The van der Waals surface area contributed by atoms with Crippen LogP contribution < -0.4 is 20.7 Å². The average molecular weight is 566 g/mol. The highest BCUT2D eigenvalue weighted by Gasteiger charge is 2.31. The minimum atomic E-state index is -4.63. The lowest BCUT2D eigenvalue weighted by atomic mass is 10.1. The number of pyridine rings is 1. The van der Waals surface area contributed by atoms with E-state index in [1.165, 1.54) is 6.33 Å². The molecule has 0 aliphatic carbocycles. The third kappa shape index (κ3) is 5.73. The first-order chi connectivity index (χ1) is 19.2. The number of anilines is 3. The van der Waals surface area contributed by atoms with Crippen LogP contribution in [-0.4, -0.2) is 32.1 Å². The van der Waals surface area contributed by atoms with Gasteiger partial charge >= 0.3 is 6.18 Å². The van der Waals surface area contributed by atoms with Gasteiger partial charge in [-0.05, 0) is 54.7 Å². The normalized spacial score (nSPS) is 11.2.